The number of carbonyl (C=O) groups is 3. The number of nitrogens with one attached hydrogen (secondary N) is 3. The molecule has 0 bridgehead atoms. The number of carbonyl (C=O) groups excluding carboxylic acids is 3. The highest BCUT2D eigenvalue weighted by atomic mass is 16.6. The van der Waals surface area contributed by atoms with Crippen molar-refractivity contribution in [1.29, 1.82) is 0 Å². The normalized spacial score (nSPS) is 27.5. The van der Waals surface area contributed by atoms with Gasteiger partial charge >= 0.3 is 5.97 Å². The molecule has 2 fully saturated rings. The third-order valence-electron chi connectivity index (χ3n) is 5.06. The molecule has 11 heteroatoms. The Morgan fingerprint density at radius 3 is 2.76 bits per heavy atom. The van der Waals surface area contributed by atoms with Gasteiger partial charge in [0.15, 0.2) is 6.10 Å². The van der Waals surface area contributed by atoms with Gasteiger partial charge in [-0.15, -0.1) is 0 Å². The van der Waals surface area contributed by atoms with Crippen LogP contribution >= 0.6 is 0 Å². The first kappa shape index (κ1) is 23.5. The van der Waals surface area contributed by atoms with Crippen LogP contribution in [0.2, 0.25) is 0 Å². The summed E-state index contributed by atoms with van der Waals surface area (Å²) in [6.07, 6.45) is 0.419. The summed E-state index contributed by atoms with van der Waals surface area (Å²) in [7, 11) is 0. The first-order valence-corrected chi connectivity index (χ1v) is 10.1. The summed E-state index contributed by atoms with van der Waals surface area (Å²) in [6, 6.07) is -0.754. The molecule has 2 heterocycles. The van der Waals surface area contributed by atoms with Crippen LogP contribution in [0.4, 0.5) is 0 Å². The number of hydrogen-bond acceptors (Lipinski definition) is 9. The summed E-state index contributed by atoms with van der Waals surface area (Å²) in [5.74, 6) is -1.17. The van der Waals surface area contributed by atoms with Gasteiger partial charge in [0.1, 0.15) is 18.9 Å². The molecule has 2 aliphatic heterocycles. The van der Waals surface area contributed by atoms with Crippen LogP contribution in [0, 0.1) is 0 Å². The highest BCUT2D eigenvalue weighted by Crippen LogP contribution is 2.18. The maximum Gasteiger partial charge on any atom is 0.338 e. The predicted molar refractivity (Wildman–Crippen MR) is 101 cm³/mol. The zero-order valence-corrected chi connectivity index (χ0v) is 16.5. The Bertz CT molecular complexity index is 556. The van der Waals surface area contributed by atoms with E-state index in [0.29, 0.717) is 19.4 Å². The molecule has 0 aromatic heterocycles. The molecule has 5 atom stereocenters. The molecule has 7 N–H and O–H groups in total. The average Bonchev–Trinajstić information content (AvgIpc) is 3.32. The molecular formula is C18H32N4O7. The van der Waals surface area contributed by atoms with Crippen LogP contribution < -0.4 is 21.7 Å². The van der Waals surface area contributed by atoms with Crippen molar-refractivity contribution in [1.82, 2.24) is 16.0 Å². The van der Waals surface area contributed by atoms with E-state index in [1.165, 1.54) is 0 Å². The fraction of sp³-hybridized carbons (Fsp3) is 0.833. The van der Waals surface area contributed by atoms with E-state index in [1.807, 2.05) is 0 Å². The molecule has 0 radical (unpaired) electrons. The first-order valence-electron chi connectivity index (χ1n) is 10.1. The van der Waals surface area contributed by atoms with E-state index >= 15 is 0 Å². The first-order chi connectivity index (χ1) is 13.9. The van der Waals surface area contributed by atoms with Gasteiger partial charge in [-0.2, -0.15) is 0 Å². The van der Waals surface area contributed by atoms with Crippen molar-refractivity contribution in [3.63, 3.8) is 0 Å². The molecular weight excluding hydrogens is 384 g/mol. The SMILES string of the molecule is NC(CCCCNC(=O)C1CCCN1)C(=O)NCOCC[C@H]1OC(=O)[C@H](O)[C@@H]1O. The summed E-state index contributed by atoms with van der Waals surface area (Å²) >= 11 is 0. The number of aliphatic hydroxyl groups excluding tert-OH is 2. The van der Waals surface area contributed by atoms with Crippen molar-refractivity contribution in [2.75, 3.05) is 26.4 Å². The second-order valence-corrected chi connectivity index (χ2v) is 7.34. The lowest BCUT2D eigenvalue weighted by Gasteiger charge is -2.15. The molecule has 2 rings (SSSR count). The van der Waals surface area contributed by atoms with E-state index in [4.69, 9.17) is 15.2 Å². The number of esters is 1. The van der Waals surface area contributed by atoms with Gasteiger partial charge in [0.25, 0.3) is 0 Å². The number of aliphatic hydroxyl groups is 2. The Labute approximate surface area is 169 Å². The molecule has 2 saturated heterocycles. The number of rotatable bonds is 12. The molecule has 0 saturated carbocycles. The van der Waals surface area contributed by atoms with Gasteiger partial charge in [0.2, 0.25) is 11.8 Å². The summed E-state index contributed by atoms with van der Waals surface area (Å²) in [5, 5.41) is 27.4. The van der Waals surface area contributed by atoms with Gasteiger partial charge < -0.3 is 41.4 Å². The lowest BCUT2D eigenvalue weighted by atomic mass is 10.1. The summed E-state index contributed by atoms with van der Waals surface area (Å²) < 4.78 is 10.0. The molecule has 0 aromatic carbocycles. The minimum absolute atomic E-state index is 0.0242. The van der Waals surface area contributed by atoms with Gasteiger partial charge in [-0.05, 0) is 38.6 Å². The summed E-state index contributed by atoms with van der Waals surface area (Å²) in [6.45, 7) is 1.51. The number of unbranched alkanes of at least 4 members (excludes halogenated alkanes) is 1. The van der Waals surface area contributed by atoms with Crippen molar-refractivity contribution >= 4 is 17.8 Å². The van der Waals surface area contributed by atoms with Crippen molar-refractivity contribution in [2.24, 2.45) is 5.73 Å². The summed E-state index contributed by atoms with van der Waals surface area (Å²) in [5.41, 5.74) is 5.84. The fourth-order valence-corrected chi connectivity index (χ4v) is 3.25. The van der Waals surface area contributed by atoms with Crippen LogP contribution in [0.1, 0.15) is 38.5 Å². The smallest absolute Gasteiger partial charge is 0.338 e. The lowest BCUT2D eigenvalue weighted by molar-refractivity contribution is -0.147. The highest BCUT2D eigenvalue weighted by molar-refractivity contribution is 5.82. The average molecular weight is 416 g/mol. The van der Waals surface area contributed by atoms with E-state index in [0.717, 1.165) is 25.8 Å². The Morgan fingerprint density at radius 1 is 1.31 bits per heavy atom. The largest absolute Gasteiger partial charge is 0.457 e. The fourth-order valence-electron chi connectivity index (χ4n) is 3.25. The van der Waals surface area contributed by atoms with Crippen LogP contribution in [0.5, 0.6) is 0 Å². The maximum atomic E-state index is 11.9. The molecule has 166 valence electrons. The van der Waals surface area contributed by atoms with Crippen LogP contribution in [0.25, 0.3) is 0 Å². The summed E-state index contributed by atoms with van der Waals surface area (Å²) in [4.78, 5) is 34.8. The topological polar surface area (TPSA) is 172 Å². The van der Waals surface area contributed by atoms with Gasteiger partial charge in [-0.1, -0.05) is 0 Å². The standard InChI is InChI=1S/C18H32N4O7/c19-11(4-1-2-7-21-17(26)12-5-3-8-20-12)16(25)22-10-28-9-6-13-14(23)15(24)18(27)29-13/h11-15,20,23-24H,1-10,19H2,(H,21,26)(H,22,25)/t11?,12?,13-,14-,15-/m1/s1. The molecule has 0 spiro atoms. The lowest BCUT2D eigenvalue weighted by Crippen LogP contribution is -2.42. The van der Waals surface area contributed by atoms with Crippen molar-refractivity contribution in [3.05, 3.63) is 0 Å². The Hall–Kier alpha value is -1.79. The molecule has 2 aliphatic rings. The molecule has 0 aliphatic carbocycles. The van der Waals surface area contributed by atoms with Crippen LogP contribution in [-0.2, 0) is 23.9 Å². The van der Waals surface area contributed by atoms with Gasteiger partial charge in [0.05, 0.1) is 18.7 Å². The minimum Gasteiger partial charge on any atom is -0.457 e. The second kappa shape index (κ2) is 12.0. The van der Waals surface area contributed by atoms with Crippen molar-refractivity contribution in [2.45, 2.75) is 68.9 Å². The quantitative estimate of drug-likeness (QED) is 0.114. The van der Waals surface area contributed by atoms with Gasteiger partial charge in [0, 0.05) is 13.0 Å². The Morgan fingerprint density at radius 2 is 2.10 bits per heavy atom. The number of ether oxygens (including phenoxy) is 2. The van der Waals surface area contributed by atoms with Crippen molar-refractivity contribution in [3.8, 4) is 0 Å². The number of cyclic esters (lactones) is 1. The number of amides is 2. The minimum atomic E-state index is -1.52. The van der Waals surface area contributed by atoms with Crippen LogP contribution in [0.15, 0.2) is 0 Å². The zero-order chi connectivity index (χ0) is 21.2. The zero-order valence-electron chi connectivity index (χ0n) is 16.5. The molecule has 2 amide bonds. The third-order valence-corrected chi connectivity index (χ3v) is 5.06. The molecule has 29 heavy (non-hydrogen) atoms. The molecule has 2 unspecified atom stereocenters. The van der Waals surface area contributed by atoms with Crippen LogP contribution in [-0.4, -0.2) is 84.8 Å². The molecule has 11 nitrogen and oxygen atoms in total. The van der Waals surface area contributed by atoms with E-state index in [-0.39, 0.29) is 37.6 Å². The highest BCUT2D eigenvalue weighted by Gasteiger charge is 2.42. The van der Waals surface area contributed by atoms with E-state index in [9.17, 15) is 24.6 Å². The van der Waals surface area contributed by atoms with E-state index < -0.39 is 30.3 Å². The predicted octanol–water partition coefficient (Wildman–Crippen LogP) is -2.52. The Balaban J connectivity index is 1.45. The van der Waals surface area contributed by atoms with Gasteiger partial charge in [-0.3, -0.25) is 9.59 Å². The monoisotopic (exact) mass is 416 g/mol. The van der Waals surface area contributed by atoms with E-state index in [1.54, 1.807) is 0 Å². The van der Waals surface area contributed by atoms with Crippen molar-refractivity contribution < 1.29 is 34.1 Å². The third kappa shape index (κ3) is 7.52. The van der Waals surface area contributed by atoms with Crippen LogP contribution in [0.3, 0.4) is 0 Å². The van der Waals surface area contributed by atoms with Gasteiger partial charge in [-0.25, -0.2) is 4.79 Å². The van der Waals surface area contributed by atoms with E-state index in [2.05, 4.69) is 16.0 Å². The second-order valence-electron chi connectivity index (χ2n) is 7.34. The Kier molecular flexibility index (Phi) is 9.74. The molecule has 0 aromatic rings. The maximum absolute atomic E-state index is 11.9. The number of nitrogens with two attached hydrogens (primary N) is 1. The number of hydrogen-bond donors (Lipinski definition) is 6.